The SMILES string of the molecule is C=CC(=CC=CC)CON=CC(=O)NCCc1cccc(OC(F)(F)F)c1. The van der Waals surface area contributed by atoms with Gasteiger partial charge in [0.1, 0.15) is 18.6 Å². The van der Waals surface area contributed by atoms with E-state index < -0.39 is 12.3 Å². The predicted molar refractivity (Wildman–Crippen MR) is 97.4 cm³/mol. The van der Waals surface area contributed by atoms with E-state index in [1.165, 1.54) is 18.2 Å². The van der Waals surface area contributed by atoms with Crippen LogP contribution in [0.25, 0.3) is 0 Å². The van der Waals surface area contributed by atoms with Gasteiger partial charge in [-0.05, 0) is 36.6 Å². The van der Waals surface area contributed by atoms with Crippen molar-refractivity contribution in [1.82, 2.24) is 5.32 Å². The lowest BCUT2D eigenvalue weighted by Crippen LogP contribution is -2.26. The molecule has 27 heavy (non-hydrogen) atoms. The molecule has 1 aromatic rings. The largest absolute Gasteiger partial charge is 0.573 e. The fraction of sp³-hybridized carbons (Fsp3) is 0.263. The minimum atomic E-state index is -4.74. The molecule has 0 aliphatic heterocycles. The van der Waals surface area contributed by atoms with Crippen molar-refractivity contribution in [3.63, 3.8) is 0 Å². The van der Waals surface area contributed by atoms with Crippen LogP contribution in [-0.2, 0) is 16.1 Å². The average molecular weight is 382 g/mol. The lowest BCUT2D eigenvalue weighted by Gasteiger charge is -2.10. The third-order valence-corrected chi connectivity index (χ3v) is 3.09. The van der Waals surface area contributed by atoms with Crippen LogP contribution >= 0.6 is 0 Å². The number of nitrogens with one attached hydrogen (secondary N) is 1. The molecule has 0 aliphatic rings. The van der Waals surface area contributed by atoms with Gasteiger partial charge in [0.15, 0.2) is 0 Å². The van der Waals surface area contributed by atoms with Gasteiger partial charge >= 0.3 is 6.36 Å². The summed E-state index contributed by atoms with van der Waals surface area (Å²) in [5.41, 5.74) is 1.39. The number of hydrogen-bond acceptors (Lipinski definition) is 4. The summed E-state index contributed by atoms with van der Waals surface area (Å²) in [6, 6.07) is 5.57. The molecule has 0 aromatic heterocycles. The Labute approximate surface area is 155 Å². The van der Waals surface area contributed by atoms with Crippen LogP contribution in [0.2, 0.25) is 0 Å². The number of alkyl halides is 3. The summed E-state index contributed by atoms with van der Waals surface area (Å²) in [7, 11) is 0. The van der Waals surface area contributed by atoms with Gasteiger partial charge in [0.25, 0.3) is 5.91 Å². The minimum absolute atomic E-state index is 0.170. The summed E-state index contributed by atoms with van der Waals surface area (Å²) in [6.07, 6.45) is 3.68. The highest BCUT2D eigenvalue weighted by Crippen LogP contribution is 2.23. The molecular formula is C19H21F3N2O3. The third kappa shape index (κ3) is 10.5. The molecule has 1 N–H and O–H groups in total. The van der Waals surface area contributed by atoms with Gasteiger partial charge < -0.3 is 14.9 Å². The average Bonchev–Trinajstić information content (AvgIpc) is 2.60. The van der Waals surface area contributed by atoms with E-state index in [1.807, 2.05) is 19.1 Å². The van der Waals surface area contributed by atoms with Crippen molar-refractivity contribution in [2.45, 2.75) is 19.7 Å². The highest BCUT2D eigenvalue weighted by molar-refractivity contribution is 6.26. The maximum absolute atomic E-state index is 12.2. The number of amides is 1. The molecule has 0 fully saturated rings. The van der Waals surface area contributed by atoms with Crippen LogP contribution in [0.4, 0.5) is 13.2 Å². The molecule has 0 saturated heterocycles. The molecule has 0 saturated carbocycles. The second kappa shape index (κ2) is 11.6. The zero-order valence-electron chi connectivity index (χ0n) is 14.8. The second-order valence-electron chi connectivity index (χ2n) is 5.22. The summed E-state index contributed by atoms with van der Waals surface area (Å²) >= 11 is 0. The molecule has 5 nitrogen and oxygen atoms in total. The number of carbonyl (C=O) groups excluding carboxylic acids is 1. The van der Waals surface area contributed by atoms with Gasteiger partial charge in [-0.15, -0.1) is 13.2 Å². The zero-order valence-corrected chi connectivity index (χ0v) is 14.8. The van der Waals surface area contributed by atoms with Crippen LogP contribution in [-0.4, -0.2) is 31.6 Å². The van der Waals surface area contributed by atoms with Crippen LogP contribution < -0.4 is 10.1 Å². The topological polar surface area (TPSA) is 59.9 Å². The smallest absolute Gasteiger partial charge is 0.406 e. The molecule has 8 heteroatoms. The molecule has 1 rings (SSSR count). The number of halogens is 3. The molecule has 1 aromatic carbocycles. The van der Waals surface area contributed by atoms with E-state index in [0.29, 0.717) is 12.0 Å². The van der Waals surface area contributed by atoms with E-state index in [1.54, 1.807) is 18.2 Å². The number of allylic oxidation sites excluding steroid dienone is 3. The van der Waals surface area contributed by atoms with Crippen LogP contribution in [0, 0.1) is 0 Å². The lowest BCUT2D eigenvalue weighted by molar-refractivity contribution is -0.274. The number of benzene rings is 1. The van der Waals surface area contributed by atoms with Crippen LogP contribution in [0.1, 0.15) is 12.5 Å². The number of ether oxygens (including phenoxy) is 1. The van der Waals surface area contributed by atoms with E-state index in [4.69, 9.17) is 4.84 Å². The Bertz CT molecular complexity index is 710. The molecule has 0 heterocycles. The fourth-order valence-electron chi connectivity index (χ4n) is 1.87. The molecule has 0 spiro atoms. The summed E-state index contributed by atoms with van der Waals surface area (Å²) < 4.78 is 40.4. The van der Waals surface area contributed by atoms with E-state index in [0.717, 1.165) is 11.8 Å². The number of carbonyl (C=O) groups is 1. The molecule has 1 amide bonds. The predicted octanol–water partition coefficient (Wildman–Crippen LogP) is 3.93. The Balaban J connectivity index is 2.36. The monoisotopic (exact) mass is 382 g/mol. The molecule has 146 valence electrons. The third-order valence-electron chi connectivity index (χ3n) is 3.09. The van der Waals surface area contributed by atoms with Gasteiger partial charge in [0.2, 0.25) is 0 Å². The van der Waals surface area contributed by atoms with Gasteiger partial charge in [0, 0.05) is 6.54 Å². The molecule has 0 radical (unpaired) electrons. The van der Waals surface area contributed by atoms with Crippen molar-refractivity contribution >= 4 is 12.1 Å². The molecule has 0 unspecified atom stereocenters. The van der Waals surface area contributed by atoms with Crippen LogP contribution in [0.3, 0.4) is 0 Å². The van der Waals surface area contributed by atoms with Gasteiger partial charge in [-0.1, -0.05) is 48.2 Å². The summed E-state index contributed by atoms with van der Waals surface area (Å²) in [5.74, 6) is -0.777. The van der Waals surface area contributed by atoms with Crippen LogP contribution in [0.15, 0.2) is 65.9 Å². The first kappa shape index (κ1) is 22.0. The standard InChI is InChI=1S/C19H21F3N2O3/c1-3-5-7-15(4-2)14-26-24-13-18(25)23-11-10-16-8-6-9-17(12-16)27-19(20,21)22/h3-9,12-13H,2,10-11,14H2,1H3,(H,23,25). The first-order valence-corrected chi connectivity index (χ1v) is 8.06. The summed E-state index contributed by atoms with van der Waals surface area (Å²) in [4.78, 5) is 16.6. The molecular weight excluding hydrogens is 361 g/mol. The maximum Gasteiger partial charge on any atom is 0.573 e. The molecule has 0 bridgehead atoms. The lowest BCUT2D eigenvalue weighted by atomic mass is 10.1. The first-order chi connectivity index (χ1) is 12.8. The number of rotatable bonds is 10. The zero-order chi connectivity index (χ0) is 20.1. The van der Waals surface area contributed by atoms with E-state index >= 15 is 0 Å². The quantitative estimate of drug-likeness (QED) is 0.379. The minimum Gasteiger partial charge on any atom is -0.406 e. The normalized spacial score (nSPS) is 12.4. The Morgan fingerprint density at radius 3 is 2.81 bits per heavy atom. The maximum atomic E-state index is 12.2. The van der Waals surface area contributed by atoms with Gasteiger partial charge in [-0.3, -0.25) is 4.79 Å². The molecule has 0 aliphatic carbocycles. The van der Waals surface area contributed by atoms with Gasteiger partial charge in [-0.25, -0.2) is 0 Å². The Morgan fingerprint density at radius 1 is 1.37 bits per heavy atom. The van der Waals surface area contributed by atoms with Crippen molar-refractivity contribution in [1.29, 1.82) is 0 Å². The van der Waals surface area contributed by atoms with Crippen LogP contribution in [0.5, 0.6) is 5.75 Å². The summed E-state index contributed by atoms with van der Waals surface area (Å²) in [6.45, 7) is 5.91. The van der Waals surface area contributed by atoms with E-state index in [2.05, 4.69) is 21.8 Å². The van der Waals surface area contributed by atoms with Gasteiger partial charge in [0.05, 0.1) is 0 Å². The summed E-state index contributed by atoms with van der Waals surface area (Å²) in [5, 5.41) is 6.11. The second-order valence-corrected chi connectivity index (χ2v) is 5.22. The molecule has 0 atom stereocenters. The Morgan fingerprint density at radius 2 is 2.15 bits per heavy atom. The number of nitrogens with zero attached hydrogens (tertiary/aromatic N) is 1. The Kier molecular flexibility index (Phi) is 9.42. The van der Waals surface area contributed by atoms with Gasteiger partial charge in [-0.2, -0.15) is 0 Å². The van der Waals surface area contributed by atoms with Crippen molar-refractivity contribution in [3.8, 4) is 5.75 Å². The number of hydrogen-bond donors (Lipinski definition) is 1. The highest BCUT2D eigenvalue weighted by Gasteiger charge is 2.31. The van der Waals surface area contributed by atoms with E-state index in [9.17, 15) is 18.0 Å². The van der Waals surface area contributed by atoms with Crippen molar-refractivity contribution in [3.05, 3.63) is 66.3 Å². The highest BCUT2D eigenvalue weighted by atomic mass is 19.4. The van der Waals surface area contributed by atoms with Crippen molar-refractivity contribution < 1.29 is 27.5 Å². The Hall–Kier alpha value is -3.03. The fourth-order valence-corrected chi connectivity index (χ4v) is 1.87. The van der Waals surface area contributed by atoms with Crippen molar-refractivity contribution in [2.75, 3.05) is 13.2 Å². The first-order valence-electron chi connectivity index (χ1n) is 8.06. The number of oxime groups is 1. The van der Waals surface area contributed by atoms with E-state index in [-0.39, 0.29) is 18.9 Å². The van der Waals surface area contributed by atoms with Crippen molar-refractivity contribution in [2.24, 2.45) is 5.16 Å².